The lowest BCUT2D eigenvalue weighted by molar-refractivity contribution is -0.114. The summed E-state index contributed by atoms with van der Waals surface area (Å²) in [5, 5.41) is 17.8. The highest BCUT2D eigenvalue weighted by atomic mass is 35.5. The number of carbonyl (C=O) groups excluding carboxylic acids is 2. The summed E-state index contributed by atoms with van der Waals surface area (Å²) in [5.41, 5.74) is 1.39. The second kappa shape index (κ2) is 9.27. The molecule has 0 fully saturated rings. The van der Waals surface area contributed by atoms with Crippen LogP contribution in [0.25, 0.3) is 0 Å². The number of amides is 2. The number of methoxy groups -OCH3 is 1. The van der Waals surface area contributed by atoms with E-state index in [-0.39, 0.29) is 11.5 Å². The molecule has 2 amide bonds. The zero-order chi connectivity index (χ0) is 19.8. The number of halogens is 1. The summed E-state index contributed by atoms with van der Waals surface area (Å²) in [7, 11) is 1.46. The van der Waals surface area contributed by atoms with E-state index in [1.165, 1.54) is 26.3 Å². The van der Waals surface area contributed by atoms with Gasteiger partial charge in [-0.3, -0.25) is 9.59 Å². The maximum absolute atomic E-state index is 12.4. The Labute approximate surface area is 161 Å². The van der Waals surface area contributed by atoms with Gasteiger partial charge in [0, 0.05) is 29.5 Å². The lowest BCUT2D eigenvalue weighted by Gasteiger charge is -2.10. The van der Waals surface area contributed by atoms with Gasteiger partial charge in [-0.25, -0.2) is 0 Å². The van der Waals surface area contributed by atoms with E-state index in [0.29, 0.717) is 27.8 Å². The van der Waals surface area contributed by atoms with Crippen molar-refractivity contribution in [1.29, 1.82) is 5.26 Å². The van der Waals surface area contributed by atoms with Crippen molar-refractivity contribution in [2.24, 2.45) is 0 Å². The summed E-state index contributed by atoms with van der Waals surface area (Å²) in [6.07, 6.45) is 1.28. The van der Waals surface area contributed by atoms with Crippen molar-refractivity contribution in [2.45, 2.75) is 6.92 Å². The standard InChI is InChI=1S/C19H17ClN4O3/c1-12(25)23-16-5-3-4-15(9-16)22-11-13(10-21)19(26)24-17-8-14(20)6-7-18(17)27-2/h3-9,11,22H,1-2H3,(H,23,25)(H,24,26)/b13-11-. The second-order valence-electron chi connectivity index (χ2n) is 5.37. The molecular formula is C19H17ClN4O3. The lowest BCUT2D eigenvalue weighted by atomic mass is 10.2. The van der Waals surface area contributed by atoms with Crippen LogP contribution in [0.15, 0.2) is 54.2 Å². The molecule has 0 atom stereocenters. The van der Waals surface area contributed by atoms with Crippen LogP contribution >= 0.6 is 11.6 Å². The lowest BCUT2D eigenvalue weighted by Crippen LogP contribution is -2.15. The van der Waals surface area contributed by atoms with Crippen molar-refractivity contribution in [3.63, 3.8) is 0 Å². The molecule has 27 heavy (non-hydrogen) atoms. The first-order valence-electron chi connectivity index (χ1n) is 7.82. The molecule has 0 heterocycles. The Bertz CT molecular complexity index is 935. The number of carbonyl (C=O) groups is 2. The number of ether oxygens (including phenoxy) is 1. The Morgan fingerprint density at radius 2 is 1.89 bits per heavy atom. The molecule has 8 heteroatoms. The summed E-state index contributed by atoms with van der Waals surface area (Å²) in [6, 6.07) is 13.4. The summed E-state index contributed by atoms with van der Waals surface area (Å²) in [6.45, 7) is 1.40. The van der Waals surface area contributed by atoms with Gasteiger partial charge in [-0.05, 0) is 36.4 Å². The summed E-state index contributed by atoms with van der Waals surface area (Å²) >= 11 is 5.93. The van der Waals surface area contributed by atoms with E-state index < -0.39 is 5.91 Å². The zero-order valence-electron chi connectivity index (χ0n) is 14.7. The highest BCUT2D eigenvalue weighted by Gasteiger charge is 2.13. The molecule has 0 spiro atoms. The zero-order valence-corrected chi connectivity index (χ0v) is 15.4. The molecule has 0 aliphatic carbocycles. The topological polar surface area (TPSA) is 103 Å². The molecule has 3 N–H and O–H groups in total. The van der Waals surface area contributed by atoms with Gasteiger partial charge in [0.25, 0.3) is 5.91 Å². The molecule has 0 saturated carbocycles. The van der Waals surface area contributed by atoms with Crippen LogP contribution in [0.4, 0.5) is 17.1 Å². The minimum absolute atomic E-state index is 0.151. The molecule has 0 bridgehead atoms. The van der Waals surface area contributed by atoms with Crippen LogP contribution in [0.5, 0.6) is 5.75 Å². The maximum atomic E-state index is 12.4. The molecule has 2 aromatic carbocycles. The smallest absolute Gasteiger partial charge is 0.267 e. The number of nitriles is 1. The third-order valence-electron chi connectivity index (χ3n) is 3.34. The predicted molar refractivity (Wildman–Crippen MR) is 105 cm³/mol. The van der Waals surface area contributed by atoms with E-state index in [2.05, 4.69) is 16.0 Å². The van der Waals surface area contributed by atoms with Crippen LogP contribution in [-0.4, -0.2) is 18.9 Å². The van der Waals surface area contributed by atoms with E-state index in [1.807, 2.05) is 6.07 Å². The first kappa shape index (κ1) is 19.8. The van der Waals surface area contributed by atoms with Gasteiger partial charge in [-0.1, -0.05) is 17.7 Å². The van der Waals surface area contributed by atoms with Gasteiger partial charge in [-0.2, -0.15) is 5.26 Å². The number of nitrogens with one attached hydrogen (secondary N) is 3. The molecule has 0 saturated heterocycles. The molecule has 7 nitrogen and oxygen atoms in total. The van der Waals surface area contributed by atoms with Crippen LogP contribution in [0.3, 0.4) is 0 Å². The van der Waals surface area contributed by atoms with E-state index >= 15 is 0 Å². The van der Waals surface area contributed by atoms with Gasteiger partial charge in [0.15, 0.2) is 0 Å². The summed E-state index contributed by atoms with van der Waals surface area (Å²) in [4.78, 5) is 23.5. The van der Waals surface area contributed by atoms with E-state index in [0.717, 1.165) is 0 Å². The van der Waals surface area contributed by atoms with Gasteiger partial charge < -0.3 is 20.7 Å². The predicted octanol–water partition coefficient (Wildman–Crippen LogP) is 3.77. The first-order chi connectivity index (χ1) is 12.9. The molecule has 0 aliphatic heterocycles. The van der Waals surface area contributed by atoms with Crippen LogP contribution < -0.4 is 20.7 Å². The molecule has 0 radical (unpaired) electrons. The number of rotatable bonds is 6. The Hall–Kier alpha value is -3.50. The SMILES string of the molecule is COc1ccc(Cl)cc1NC(=O)/C(C#N)=C\Nc1cccc(NC(C)=O)c1. The van der Waals surface area contributed by atoms with Gasteiger partial charge in [0.2, 0.25) is 5.91 Å². The third kappa shape index (κ3) is 5.76. The number of anilines is 3. The number of hydrogen-bond donors (Lipinski definition) is 3. The fraction of sp³-hybridized carbons (Fsp3) is 0.105. The Morgan fingerprint density at radius 1 is 1.15 bits per heavy atom. The molecule has 0 aliphatic rings. The molecule has 138 valence electrons. The quantitative estimate of drug-likeness (QED) is 0.519. The number of benzene rings is 2. The Morgan fingerprint density at radius 3 is 2.56 bits per heavy atom. The van der Waals surface area contributed by atoms with Gasteiger partial charge in [-0.15, -0.1) is 0 Å². The average molecular weight is 385 g/mol. The van der Waals surface area contributed by atoms with Crippen molar-refractivity contribution in [3.8, 4) is 11.8 Å². The van der Waals surface area contributed by atoms with Crippen molar-refractivity contribution in [2.75, 3.05) is 23.1 Å². The fourth-order valence-corrected chi connectivity index (χ4v) is 2.33. The highest BCUT2D eigenvalue weighted by molar-refractivity contribution is 6.31. The Balaban J connectivity index is 2.14. The van der Waals surface area contributed by atoms with E-state index in [9.17, 15) is 14.9 Å². The molecule has 0 aromatic heterocycles. The van der Waals surface area contributed by atoms with Gasteiger partial charge >= 0.3 is 0 Å². The number of hydrogen-bond acceptors (Lipinski definition) is 5. The monoisotopic (exact) mass is 384 g/mol. The van der Waals surface area contributed by atoms with Crippen molar-refractivity contribution in [3.05, 3.63) is 59.3 Å². The molecular weight excluding hydrogens is 368 g/mol. The Kier molecular flexibility index (Phi) is 6.80. The minimum atomic E-state index is -0.622. The molecule has 2 aromatic rings. The first-order valence-corrected chi connectivity index (χ1v) is 8.20. The van der Waals surface area contributed by atoms with Crippen LogP contribution in [-0.2, 0) is 9.59 Å². The second-order valence-corrected chi connectivity index (χ2v) is 5.81. The van der Waals surface area contributed by atoms with E-state index in [1.54, 1.807) is 36.4 Å². The van der Waals surface area contributed by atoms with Crippen molar-refractivity contribution >= 4 is 40.5 Å². The highest BCUT2D eigenvalue weighted by Crippen LogP contribution is 2.28. The molecule has 0 unspecified atom stereocenters. The van der Waals surface area contributed by atoms with Crippen LogP contribution in [0.1, 0.15) is 6.92 Å². The van der Waals surface area contributed by atoms with Gasteiger partial charge in [0.05, 0.1) is 12.8 Å². The van der Waals surface area contributed by atoms with Crippen LogP contribution in [0.2, 0.25) is 5.02 Å². The number of nitrogens with zero attached hydrogens (tertiary/aromatic N) is 1. The third-order valence-corrected chi connectivity index (χ3v) is 3.58. The van der Waals surface area contributed by atoms with E-state index in [4.69, 9.17) is 16.3 Å². The molecule has 2 rings (SSSR count). The van der Waals surface area contributed by atoms with Gasteiger partial charge in [0.1, 0.15) is 17.4 Å². The summed E-state index contributed by atoms with van der Waals surface area (Å²) < 4.78 is 5.16. The van der Waals surface area contributed by atoms with Crippen molar-refractivity contribution in [1.82, 2.24) is 0 Å². The summed E-state index contributed by atoms with van der Waals surface area (Å²) in [5.74, 6) is -0.403. The normalized spacial score (nSPS) is 10.5. The maximum Gasteiger partial charge on any atom is 0.267 e. The fourth-order valence-electron chi connectivity index (χ4n) is 2.16. The largest absolute Gasteiger partial charge is 0.495 e. The minimum Gasteiger partial charge on any atom is -0.495 e. The van der Waals surface area contributed by atoms with Crippen LogP contribution in [0, 0.1) is 11.3 Å². The average Bonchev–Trinajstić information content (AvgIpc) is 2.62. The van der Waals surface area contributed by atoms with Crippen molar-refractivity contribution < 1.29 is 14.3 Å².